The van der Waals surface area contributed by atoms with Crippen molar-refractivity contribution >= 4 is 28.6 Å². The number of aromatic nitrogens is 3. The van der Waals surface area contributed by atoms with E-state index in [2.05, 4.69) is 20.4 Å². The first kappa shape index (κ1) is 17.2. The van der Waals surface area contributed by atoms with Crippen LogP contribution in [0.25, 0.3) is 11.0 Å². The number of ether oxygens (including phenoxy) is 2. The second kappa shape index (κ2) is 7.51. The standard InChI is InChI=1S/C17H16N4O5/c1-24-13-6-4-12(5-7-13)18-16(22)10-26-21-15-9-11(17(23)25-2)3-8-14(15)19-20-21/h3-9H,10H2,1-2H3,(H,18,22). The molecule has 1 amide bonds. The molecular formula is C17H16N4O5. The van der Waals surface area contributed by atoms with Gasteiger partial charge in [0.1, 0.15) is 16.8 Å². The molecule has 0 bridgehead atoms. The highest BCUT2D eigenvalue weighted by Crippen LogP contribution is 2.15. The second-order valence-electron chi connectivity index (χ2n) is 5.21. The Hall–Kier alpha value is -3.62. The van der Waals surface area contributed by atoms with Crippen molar-refractivity contribution in [3.05, 3.63) is 48.0 Å². The van der Waals surface area contributed by atoms with Crippen LogP contribution >= 0.6 is 0 Å². The number of esters is 1. The molecule has 0 saturated carbocycles. The lowest BCUT2D eigenvalue weighted by atomic mass is 10.2. The lowest BCUT2D eigenvalue weighted by Gasteiger charge is -2.08. The fourth-order valence-electron chi connectivity index (χ4n) is 2.23. The highest BCUT2D eigenvalue weighted by atomic mass is 16.7. The van der Waals surface area contributed by atoms with Crippen molar-refractivity contribution in [1.29, 1.82) is 0 Å². The van der Waals surface area contributed by atoms with E-state index >= 15 is 0 Å². The van der Waals surface area contributed by atoms with Crippen LogP contribution in [0.15, 0.2) is 42.5 Å². The lowest BCUT2D eigenvalue weighted by molar-refractivity contribution is -0.121. The molecule has 0 aliphatic rings. The van der Waals surface area contributed by atoms with Crippen molar-refractivity contribution in [3.63, 3.8) is 0 Å². The Morgan fingerprint density at radius 3 is 2.58 bits per heavy atom. The summed E-state index contributed by atoms with van der Waals surface area (Å²) in [5.41, 5.74) is 1.91. The van der Waals surface area contributed by atoms with Crippen molar-refractivity contribution in [2.75, 3.05) is 26.1 Å². The average molecular weight is 356 g/mol. The maximum Gasteiger partial charge on any atom is 0.337 e. The van der Waals surface area contributed by atoms with Crippen LogP contribution in [0, 0.1) is 0 Å². The normalized spacial score (nSPS) is 10.4. The number of carbonyl (C=O) groups excluding carboxylic acids is 2. The zero-order valence-corrected chi connectivity index (χ0v) is 14.1. The maximum atomic E-state index is 12.0. The molecule has 3 rings (SSSR count). The van der Waals surface area contributed by atoms with E-state index in [4.69, 9.17) is 9.57 Å². The number of benzene rings is 2. The van der Waals surface area contributed by atoms with Gasteiger partial charge in [-0.25, -0.2) is 4.79 Å². The zero-order valence-electron chi connectivity index (χ0n) is 14.1. The molecule has 134 valence electrons. The van der Waals surface area contributed by atoms with Crippen LogP contribution in [-0.2, 0) is 9.53 Å². The summed E-state index contributed by atoms with van der Waals surface area (Å²) in [5.74, 6) is -0.172. The van der Waals surface area contributed by atoms with Crippen molar-refractivity contribution < 1.29 is 23.9 Å². The van der Waals surface area contributed by atoms with Crippen LogP contribution in [0.5, 0.6) is 5.75 Å². The number of carbonyl (C=O) groups is 2. The Morgan fingerprint density at radius 2 is 1.88 bits per heavy atom. The molecular weight excluding hydrogens is 340 g/mol. The molecule has 0 spiro atoms. The minimum atomic E-state index is -0.489. The number of methoxy groups -OCH3 is 2. The third kappa shape index (κ3) is 3.72. The highest BCUT2D eigenvalue weighted by Gasteiger charge is 2.12. The van der Waals surface area contributed by atoms with Gasteiger partial charge >= 0.3 is 5.97 Å². The molecule has 0 saturated heterocycles. The first-order chi connectivity index (χ1) is 12.6. The molecule has 1 aromatic heterocycles. The number of fused-ring (bicyclic) bond motifs is 1. The van der Waals surface area contributed by atoms with E-state index in [0.29, 0.717) is 28.0 Å². The molecule has 9 heteroatoms. The molecule has 0 aliphatic heterocycles. The van der Waals surface area contributed by atoms with E-state index in [1.54, 1.807) is 43.5 Å². The van der Waals surface area contributed by atoms with E-state index in [1.165, 1.54) is 13.2 Å². The average Bonchev–Trinajstić information content (AvgIpc) is 3.08. The summed E-state index contributed by atoms with van der Waals surface area (Å²) >= 11 is 0. The maximum absolute atomic E-state index is 12.0. The summed E-state index contributed by atoms with van der Waals surface area (Å²) in [7, 11) is 2.86. The predicted octanol–water partition coefficient (Wildman–Crippen LogP) is 1.29. The molecule has 2 aromatic carbocycles. The number of nitrogens with one attached hydrogen (secondary N) is 1. The fourth-order valence-corrected chi connectivity index (χ4v) is 2.23. The van der Waals surface area contributed by atoms with Gasteiger partial charge in [0.05, 0.1) is 19.8 Å². The third-order valence-electron chi connectivity index (χ3n) is 3.53. The van der Waals surface area contributed by atoms with Gasteiger partial charge in [0.2, 0.25) is 0 Å². The minimum Gasteiger partial charge on any atom is -0.497 e. The Bertz CT molecular complexity index is 936. The van der Waals surface area contributed by atoms with Gasteiger partial charge < -0.3 is 19.6 Å². The number of hydrogen-bond acceptors (Lipinski definition) is 7. The van der Waals surface area contributed by atoms with Crippen molar-refractivity contribution in [2.45, 2.75) is 0 Å². The van der Waals surface area contributed by atoms with E-state index in [0.717, 1.165) is 4.85 Å². The van der Waals surface area contributed by atoms with Gasteiger partial charge in [0, 0.05) is 5.69 Å². The van der Waals surface area contributed by atoms with Gasteiger partial charge in [-0.1, -0.05) is 4.85 Å². The number of nitrogens with zero attached hydrogens (tertiary/aromatic N) is 3. The first-order valence-electron chi connectivity index (χ1n) is 7.61. The Morgan fingerprint density at radius 1 is 1.12 bits per heavy atom. The van der Waals surface area contributed by atoms with Crippen LogP contribution in [-0.4, -0.2) is 47.9 Å². The van der Waals surface area contributed by atoms with Crippen molar-refractivity contribution in [1.82, 2.24) is 15.2 Å². The summed E-state index contributed by atoms with van der Waals surface area (Å²) in [5, 5.41) is 10.4. The number of rotatable bonds is 6. The van der Waals surface area contributed by atoms with Crippen molar-refractivity contribution in [2.24, 2.45) is 0 Å². The molecule has 0 radical (unpaired) electrons. The van der Waals surface area contributed by atoms with Gasteiger partial charge in [-0.15, -0.1) is 5.10 Å². The van der Waals surface area contributed by atoms with Crippen LogP contribution in [0.3, 0.4) is 0 Å². The van der Waals surface area contributed by atoms with Crippen LogP contribution < -0.4 is 14.9 Å². The van der Waals surface area contributed by atoms with E-state index < -0.39 is 5.97 Å². The first-order valence-corrected chi connectivity index (χ1v) is 7.61. The van der Waals surface area contributed by atoms with Gasteiger partial charge in [0.15, 0.2) is 6.61 Å². The predicted molar refractivity (Wildman–Crippen MR) is 91.9 cm³/mol. The third-order valence-corrected chi connectivity index (χ3v) is 3.53. The minimum absolute atomic E-state index is 0.285. The summed E-state index contributed by atoms with van der Waals surface area (Å²) in [6.07, 6.45) is 0. The van der Waals surface area contributed by atoms with E-state index in [1.807, 2.05) is 0 Å². The largest absolute Gasteiger partial charge is 0.497 e. The monoisotopic (exact) mass is 356 g/mol. The van der Waals surface area contributed by atoms with Crippen LogP contribution in [0.1, 0.15) is 10.4 Å². The van der Waals surface area contributed by atoms with Crippen LogP contribution in [0.2, 0.25) is 0 Å². The van der Waals surface area contributed by atoms with Gasteiger partial charge in [-0.3, -0.25) is 4.79 Å². The van der Waals surface area contributed by atoms with Gasteiger partial charge in [-0.2, -0.15) is 0 Å². The Kier molecular flexibility index (Phi) is 4.97. The Labute approximate surface area is 148 Å². The highest BCUT2D eigenvalue weighted by molar-refractivity contribution is 5.93. The molecule has 0 fully saturated rings. The quantitative estimate of drug-likeness (QED) is 0.664. The molecule has 1 heterocycles. The summed E-state index contributed by atoms with van der Waals surface area (Å²) < 4.78 is 9.74. The van der Waals surface area contributed by atoms with Crippen LogP contribution in [0.4, 0.5) is 5.69 Å². The molecule has 0 unspecified atom stereocenters. The smallest absolute Gasteiger partial charge is 0.337 e. The molecule has 26 heavy (non-hydrogen) atoms. The second-order valence-corrected chi connectivity index (χ2v) is 5.21. The summed E-state index contributed by atoms with van der Waals surface area (Å²) in [4.78, 5) is 30.1. The number of hydrogen-bond donors (Lipinski definition) is 1. The summed E-state index contributed by atoms with van der Waals surface area (Å²) in [6.45, 7) is -0.285. The fraction of sp³-hybridized carbons (Fsp3) is 0.176. The molecule has 9 nitrogen and oxygen atoms in total. The van der Waals surface area contributed by atoms with Gasteiger partial charge in [0.25, 0.3) is 5.91 Å². The SMILES string of the molecule is COC(=O)c1ccc2nnn(OCC(=O)Nc3ccc(OC)cc3)c2c1. The van der Waals surface area contributed by atoms with E-state index in [-0.39, 0.29) is 12.5 Å². The summed E-state index contributed by atoms with van der Waals surface area (Å²) in [6, 6.07) is 11.6. The molecule has 1 N–H and O–H groups in total. The molecule has 0 aliphatic carbocycles. The topological polar surface area (TPSA) is 105 Å². The van der Waals surface area contributed by atoms with E-state index in [9.17, 15) is 9.59 Å². The molecule has 0 atom stereocenters. The lowest BCUT2D eigenvalue weighted by Crippen LogP contribution is -2.26. The molecule has 3 aromatic rings. The number of amides is 1. The Balaban J connectivity index is 1.66. The zero-order chi connectivity index (χ0) is 18.5. The number of anilines is 1. The van der Waals surface area contributed by atoms with Crippen molar-refractivity contribution in [3.8, 4) is 5.75 Å². The van der Waals surface area contributed by atoms with Gasteiger partial charge in [-0.05, 0) is 47.7 Å².